The van der Waals surface area contributed by atoms with Crippen molar-refractivity contribution in [2.75, 3.05) is 6.61 Å². The Hall–Kier alpha value is -0.900. The largest absolute Gasteiger partial charge is 0.475 e. The van der Waals surface area contributed by atoms with E-state index < -0.39 is 24.3 Å². The van der Waals surface area contributed by atoms with Crippen LogP contribution in [0.4, 0.5) is 0 Å². The van der Waals surface area contributed by atoms with Crippen LogP contribution in [0.15, 0.2) is 0 Å². The van der Waals surface area contributed by atoms with E-state index in [9.17, 15) is 9.59 Å². The van der Waals surface area contributed by atoms with Crippen LogP contribution in [0, 0.1) is 5.92 Å². The van der Waals surface area contributed by atoms with Crippen LogP contribution in [-0.2, 0) is 9.59 Å². The summed E-state index contributed by atoms with van der Waals surface area (Å²) >= 11 is 0. The number of hydrogen-bond acceptors (Lipinski definition) is 3. The second kappa shape index (κ2) is 3.19. The fraction of sp³-hybridized carbons (Fsp3) is 0.600. The molecule has 0 saturated heterocycles. The minimum atomic E-state index is -1.49. The number of Topliss-reactive ketones (excluding diaryl/α,β-unsaturated/α-hetero) is 1. The summed E-state index contributed by atoms with van der Waals surface area (Å²) in [7, 11) is 0. The first-order chi connectivity index (χ1) is 4.09. The molecule has 4 nitrogen and oxygen atoms in total. The van der Waals surface area contributed by atoms with Crippen LogP contribution in [-0.4, -0.2) is 28.6 Å². The summed E-state index contributed by atoms with van der Waals surface area (Å²) in [5.41, 5.74) is 0. The van der Waals surface area contributed by atoms with Gasteiger partial charge in [0.1, 0.15) is 0 Å². The van der Waals surface area contributed by atoms with Gasteiger partial charge in [0.05, 0.1) is 6.61 Å². The van der Waals surface area contributed by atoms with Crippen LogP contribution < -0.4 is 0 Å². The van der Waals surface area contributed by atoms with E-state index in [-0.39, 0.29) is 0 Å². The predicted octanol–water partition coefficient (Wildman–Crippen LogP) is -0.732. The Bertz CT molecular complexity index is 129. The molecule has 0 rings (SSSR count). The molecule has 2 N–H and O–H groups in total. The molecule has 0 amide bonds. The monoisotopic (exact) mass is 132 g/mol. The highest BCUT2D eigenvalue weighted by Crippen LogP contribution is 1.93. The van der Waals surface area contributed by atoms with Gasteiger partial charge in [0.15, 0.2) is 0 Å². The highest BCUT2D eigenvalue weighted by Gasteiger charge is 2.18. The van der Waals surface area contributed by atoms with Crippen molar-refractivity contribution in [3.8, 4) is 0 Å². The Morgan fingerprint density at radius 3 is 2.11 bits per heavy atom. The summed E-state index contributed by atoms with van der Waals surface area (Å²) in [6.45, 7) is 0.946. The Labute approximate surface area is 52.1 Å². The lowest BCUT2D eigenvalue weighted by molar-refractivity contribution is -0.151. The number of carboxylic acids is 1. The standard InChI is InChI=1S/C5H8O4/c1-3(2-6)4(7)5(8)9/h3,6H,2H2,1H3,(H,8,9)/t3-/m1/s1. The molecule has 0 spiro atoms. The third-order valence-corrected chi connectivity index (χ3v) is 0.932. The summed E-state index contributed by atoms with van der Waals surface area (Å²) in [6.07, 6.45) is 0. The molecule has 52 valence electrons. The number of ketones is 1. The third kappa shape index (κ3) is 2.23. The molecule has 0 unspecified atom stereocenters. The first kappa shape index (κ1) is 8.10. The van der Waals surface area contributed by atoms with Crippen molar-refractivity contribution in [3.05, 3.63) is 0 Å². The number of aliphatic carboxylic acids is 1. The molecule has 0 saturated carbocycles. The Morgan fingerprint density at radius 1 is 1.56 bits per heavy atom. The highest BCUT2D eigenvalue weighted by atomic mass is 16.4. The van der Waals surface area contributed by atoms with Gasteiger partial charge in [-0.1, -0.05) is 6.92 Å². The average Bonchev–Trinajstić information content (AvgIpc) is 1.84. The fourth-order valence-corrected chi connectivity index (χ4v) is 0.294. The van der Waals surface area contributed by atoms with Gasteiger partial charge in [0.2, 0.25) is 5.78 Å². The second-order valence-electron chi connectivity index (χ2n) is 1.75. The maximum atomic E-state index is 10.3. The van der Waals surface area contributed by atoms with Crippen LogP contribution in [0.5, 0.6) is 0 Å². The summed E-state index contributed by atoms with van der Waals surface area (Å²) in [5.74, 6) is -3.23. The van der Waals surface area contributed by atoms with Gasteiger partial charge in [-0.05, 0) is 0 Å². The molecular formula is C5H8O4. The first-order valence-electron chi connectivity index (χ1n) is 2.47. The van der Waals surface area contributed by atoms with E-state index in [2.05, 4.69) is 0 Å². The van der Waals surface area contributed by atoms with Gasteiger partial charge in [-0.25, -0.2) is 4.79 Å². The SMILES string of the molecule is C[C@H](CO)C(=O)C(=O)O. The third-order valence-electron chi connectivity index (χ3n) is 0.932. The zero-order chi connectivity index (χ0) is 7.44. The number of carbonyl (C=O) groups is 2. The second-order valence-corrected chi connectivity index (χ2v) is 1.75. The van der Waals surface area contributed by atoms with Crippen LogP contribution in [0.25, 0.3) is 0 Å². The summed E-state index contributed by atoms with van der Waals surface area (Å²) in [6, 6.07) is 0. The summed E-state index contributed by atoms with van der Waals surface area (Å²) < 4.78 is 0. The topological polar surface area (TPSA) is 74.6 Å². The molecule has 4 heteroatoms. The lowest BCUT2D eigenvalue weighted by Crippen LogP contribution is -2.23. The number of carboxylic acid groups (broad SMARTS) is 1. The van der Waals surface area contributed by atoms with Crippen molar-refractivity contribution >= 4 is 11.8 Å². The van der Waals surface area contributed by atoms with Crippen molar-refractivity contribution in [1.82, 2.24) is 0 Å². The Kier molecular flexibility index (Phi) is 2.87. The van der Waals surface area contributed by atoms with E-state index in [1.165, 1.54) is 6.92 Å². The molecule has 9 heavy (non-hydrogen) atoms. The first-order valence-corrected chi connectivity index (χ1v) is 2.47. The number of carbonyl (C=O) groups excluding carboxylic acids is 1. The number of hydrogen-bond donors (Lipinski definition) is 2. The molecule has 0 aliphatic rings. The van der Waals surface area contributed by atoms with Gasteiger partial charge >= 0.3 is 5.97 Å². The zero-order valence-corrected chi connectivity index (χ0v) is 5.00. The summed E-state index contributed by atoms with van der Waals surface area (Å²) in [4.78, 5) is 20.2. The minimum Gasteiger partial charge on any atom is -0.475 e. The van der Waals surface area contributed by atoms with Gasteiger partial charge in [0.25, 0.3) is 0 Å². The maximum Gasteiger partial charge on any atom is 0.372 e. The number of rotatable bonds is 3. The number of aliphatic hydroxyl groups is 1. The Morgan fingerprint density at radius 2 is 2.00 bits per heavy atom. The van der Waals surface area contributed by atoms with Gasteiger partial charge in [-0.15, -0.1) is 0 Å². The maximum absolute atomic E-state index is 10.3. The van der Waals surface area contributed by atoms with Crippen LogP contribution in [0.1, 0.15) is 6.92 Å². The molecule has 0 heterocycles. The molecule has 0 fully saturated rings. The molecule has 0 aliphatic heterocycles. The van der Waals surface area contributed by atoms with Gasteiger partial charge < -0.3 is 10.2 Å². The van der Waals surface area contributed by atoms with E-state index in [1.807, 2.05) is 0 Å². The molecule has 1 atom stereocenters. The van der Waals surface area contributed by atoms with Crippen molar-refractivity contribution in [1.29, 1.82) is 0 Å². The van der Waals surface area contributed by atoms with Crippen molar-refractivity contribution in [3.63, 3.8) is 0 Å². The molecule has 0 aromatic rings. The van der Waals surface area contributed by atoms with Crippen LogP contribution >= 0.6 is 0 Å². The normalized spacial score (nSPS) is 12.7. The molecular weight excluding hydrogens is 124 g/mol. The van der Waals surface area contributed by atoms with Gasteiger partial charge in [0, 0.05) is 5.92 Å². The zero-order valence-electron chi connectivity index (χ0n) is 5.00. The predicted molar refractivity (Wildman–Crippen MR) is 28.9 cm³/mol. The minimum absolute atomic E-state index is 0.412. The van der Waals surface area contributed by atoms with Crippen molar-refractivity contribution < 1.29 is 19.8 Å². The fourth-order valence-electron chi connectivity index (χ4n) is 0.294. The van der Waals surface area contributed by atoms with Crippen LogP contribution in [0.3, 0.4) is 0 Å². The van der Waals surface area contributed by atoms with Crippen molar-refractivity contribution in [2.45, 2.75) is 6.92 Å². The lowest BCUT2D eigenvalue weighted by Gasteiger charge is -1.99. The van der Waals surface area contributed by atoms with E-state index in [4.69, 9.17) is 10.2 Å². The quantitative estimate of drug-likeness (QED) is 0.496. The van der Waals surface area contributed by atoms with E-state index in [0.29, 0.717) is 0 Å². The van der Waals surface area contributed by atoms with E-state index in [0.717, 1.165) is 0 Å². The summed E-state index contributed by atoms with van der Waals surface area (Å²) in [5, 5.41) is 16.3. The van der Waals surface area contributed by atoms with Crippen LogP contribution in [0.2, 0.25) is 0 Å². The van der Waals surface area contributed by atoms with Gasteiger partial charge in [-0.2, -0.15) is 0 Å². The lowest BCUT2D eigenvalue weighted by atomic mass is 10.1. The van der Waals surface area contributed by atoms with E-state index in [1.54, 1.807) is 0 Å². The molecule has 0 aliphatic carbocycles. The van der Waals surface area contributed by atoms with Gasteiger partial charge in [-0.3, -0.25) is 4.79 Å². The highest BCUT2D eigenvalue weighted by molar-refractivity contribution is 6.33. The Balaban J connectivity index is 3.88. The van der Waals surface area contributed by atoms with Crippen molar-refractivity contribution in [2.24, 2.45) is 5.92 Å². The molecule has 0 aromatic heterocycles. The smallest absolute Gasteiger partial charge is 0.372 e. The molecule has 0 radical (unpaired) electrons. The molecule has 0 aromatic carbocycles. The van der Waals surface area contributed by atoms with E-state index >= 15 is 0 Å². The number of aliphatic hydroxyl groups excluding tert-OH is 1. The molecule has 0 bridgehead atoms. The average molecular weight is 132 g/mol.